The fraction of sp³-hybridized carbons (Fsp3) is 0.185. The standard InChI is InChI=1S/C27H27N5/c1-19(28-16-23-18-31(3)30-27(23)22-11-5-4-6-12-22)25-17-29-32(20(25)2)26-15-9-13-21-10-7-8-14-24(21)26/h4-15,17-19,28H,16H2,1-3H3/t19-/m0/s1. The van der Waals surface area contributed by atoms with Gasteiger partial charge in [0.2, 0.25) is 0 Å². The second-order valence-electron chi connectivity index (χ2n) is 8.24. The van der Waals surface area contributed by atoms with Crippen LogP contribution in [0.2, 0.25) is 0 Å². The molecule has 160 valence electrons. The van der Waals surface area contributed by atoms with Gasteiger partial charge in [-0.15, -0.1) is 0 Å². The maximum absolute atomic E-state index is 4.74. The number of aromatic nitrogens is 4. The summed E-state index contributed by atoms with van der Waals surface area (Å²) >= 11 is 0. The third-order valence-corrected chi connectivity index (χ3v) is 6.06. The van der Waals surface area contributed by atoms with Crippen LogP contribution in [-0.2, 0) is 13.6 Å². The van der Waals surface area contributed by atoms with Gasteiger partial charge in [0.15, 0.2) is 0 Å². The smallest absolute Gasteiger partial charge is 0.0967 e. The Morgan fingerprint density at radius 2 is 1.69 bits per heavy atom. The van der Waals surface area contributed by atoms with Crippen LogP contribution in [0.5, 0.6) is 0 Å². The summed E-state index contributed by atoms with van der Waals surface area (Å²) in [6, 6.07) is 25.3. The number of rotatable bonds is 6. The molecule has 32 heavy (non-hydrogen) atoms. The molecule has 0 spiro atoms. The van der Waals surface area contributed by atoms with Crippen molar-refractivity contribution in [3.63, 3.8) is 0 Å². The van der Waals surface area contributed by atoms with Crippen molar-refractivity contribution in [2.24, 2.45) is 7.05 Å². The maximum atomic E-state index is 4.74. The van der Waals surface area contributed by atoms with Gasteiger partial charge in [0, 0.05) is 53.6 Å². The van der Waals surface area contributed by atoms with Gasteiger partial charge in [-0.25, -0.2) is 4.68 Å². The number of nitrogens with zero attached hydrogens (tertiary/aromatic N) is 4. The zero-order valence-electron chi connectivity index (χ0n) is 18.7. The summed E-state index contributed by atoms with van der Waals surface area (Å²) in [4.78, 5) is 0. The predicted octanol–water partition coefficient (Wildman–Crippen LogP) is 5.59. The van der Waals surface area contributed by atoms with Gasteiger partial charge in [-0.1, -0.05) is 66.7 Å². The summed E-state index contributed by atoms with van der Waals surface area (Å²) in [6.07, 6.45) is 4.07. The summed E-state index contributed by atoms with van der Waals surface area (Å²) in [5, 5.41) is 15.5. The van der Waals surface area contributed by atoms with E-state index in [0.29, 0.717) is 0 Å². The van der Waals surface area contributed by atoms with E-state index in [-0.39, 0.29) is 6.04 Å². The van der Waals surface area contributed by atoms with Crippen LogP contribution in [0.15, 0.2) is 85.2 Å². The molecule has 3 aromatic carbocycles. The highest BCUT2D eigenvalue weighted by atomic mass is 15.3. The van der Waals surface area contributed by atoms with Crippen LogP contribution < -0.4 is 5.32 Å². The molecule has 0 aliphatic heterocycles. The third-order valence-electron chi connectivity index (χ3n) is 6.06. The molecule has 0 saturated carbocycles. The summed E-state index contributed by atoms with van der Waals surface area (Å²) < 4.78 is 3.93. The van der Waals surface area contributed by atoms with Crippen molar-refractivity contribution in [3.8, 4) is 16.9 Å². The fourth-order valence-electron chi connectivity index (χ4n) is 4.36. The van der Waals surface area contributed by atoms with Gasteiger partial charge < -0.3 is 5.32 Å². The predicted molar refractivity (Wildman–Crippen MR) is 130 cm³/mol. The summed E-state index contributed by atoms with van der Waals surface area (Å²) in [5.41, 5.74) is 6.80. The van der Waals surface area contributed by atoms with E-state index in [1.165, 1.54) is 21.9 Å². The molecule has 2 aromatic heterocycles. The number of aryl methyl sites for hydroxylation is 1. The first-order valence-electron chi connectivity index (χ1n) is 11.0. The second-order valence-corrected chi connectivity index (χ2v) is 8.24. The van der Waals surface area contributed by atoms with Gasteiger partial charge in [0.1, 0.15) is 0 Å². The molecule has 0 amide bonds. The van der Waals surface area contributed by atoms with Gasteiger partial charge in [0.05, 0.1) is 17.6 Å². The lowest BCUT2D eigenvalue weighted by Crippen LogP contribution is -2.19. The molecule has 0 radical (unpaired) electrons. The van der Waals surface area contributed by atoms with E-state index in [1.54, 1.807) is 0 Å². The molecule has 0 bridgehead atoms. The monoisotopic (exact) mass is 421 g/mol. The summed E-state index contributed by atoms with van der Waals surface area (Å²) in [6.45, 7) is 5.07. The number of fused-ring (bicyclic) bond motifs is 1. The summed E-state index contributed by atoms with van der Waals surface area (Å²) in [5.74, 6) is 0. The molecule has 5 heteroatoms. The van der Waals surface area contributed by atoms with E-state index < -0.39 is 0 Å². The molecule has 5 nitrogen and oxygen atoms in total. The van der Waals surface area contributed by atoms with Crippen LogP contribution in [0, 0.1) is 6.92 Å². The second kappa shape index (κ2) is 8.44. The van der Waals surface area contributed by atoms with Gasteiger partial charge in [-0.3, -0.25) is 4.68 Å². The number of nitrogens with one attached hydrogen (secondary N) is 1. The zero-order valence-corrected chi connectivity index (χ0v) is 18.7. The third kappa shape index (κ3) is 3.72. The molecular weight excluding hydrogens is 394 g/mol. The molecular formula is C27H27N5. The number of hydrogen-bond acceptors (Lipinski definition) is 3. The average molecular weight is 422 g/mol. The Hall–Kier alpha value is -3.70. The molecule has 0 aliphatic rings. The highest BCUT2D eigenvalue weighted by molar-refractivity contribution is 5.90. The lowest BCUT2D eigenvalue weighted by Gasteiger charge is -2.15. The van der Waals surface area contributed by atoms with Crippen LogP contribution in [-0.4, -0.2) is 19.6 Å². The first kappa shape index (κ1) is 20.2. The average Bonchev–Trinajstić information content (AvgIpc) is 3.40. The van der Waals surface area contributed by atoms with Crippen LogP contribution >= 0.6 is 0 Å². The molecule has 1 N–H and O–H groups in total. The molecule has 0 aliphatic carbocycles. The molecule has 1 atom stereocenters. The van der Waals surface area contributed by atoms with Gasteiger partial charge in [-0.05, 0) is 25.3 Å². The number of benzene rings is 3. The van der Waals surface area contributed by atoms with Crippen LogP contribution in [0.1, 0.15) is 29.8 Å². The minimum absolute atomic E-state index is 0.155. The Bertz CT molecular complexity index is 1360. The minimum atomic E-state index is 0.155. The van der Waals surface area contributed by atoms with E-state index in [9.17, 15) is 0 Å². The first-order chi connectivity index (χ1) is 15.6. The van der Waals surface area contributed by atoms with Crippen LogP contribution in [0.25, 0.3) is 27.7 Å². The SMILES string of the molecule is Cc1c([C@H](C)NCc2cn(C)nc2-c2ccccc2)cnn1-c1cccc2ccccc12. The van der Waals surface area contributed by atoms with E-state index in [2.05, 4.69) is 102 Å². The Morgan fingerprint density at radius 1 is 0.938 bits per heavy atom. The van der Waals surface area contributed by atoms with E-state index >= 15 is 0 Å². The van der Waals surface area contributed by atoms with Crippen LogP contribution in [0.3, 0.4) is 0 Å². The number of hydrogen-bond donors (Lipinski definition) is 1. The quantitative estimate of drug-likeness (QED) is 0.389. The maximum Gasteiger partial charge on any atom is 0.0967 e. The van der Waals surface area contributed by atoms with Crippen molar-refractivity contribution in [1.29, 1.82) is 0 Å². The van der Waals surface area contributed by atoms with Crippen molar-refractivity contribution in [2.45, 2.75) is 26.4 Å². The van der Waals surface area contributed by atoms with Gasteiger partial charge >= 0.3 is 0 Å². The van der Waals surface area contributed by atoms with Gasteiger partial charge in [0.25, 0.3) is 0 Å². The van der Waals surface area contributed by atoms with Crippen LogP contribution in [0.4, 0.5) is 0 Å². The fourth-order valence-corrected chi connectivity index (χ4v) is 4.36. The largest absolute Gasteiger partial charge is 0.306 e. The molecule has 0 unspecified atom stereocenters. The molecule has 2 heterocycles. The van der Waals surface area contributed by atoms with Crippen molar-refractivity contribution < 1.29 is 0 Å². The van der Waals surface area contributed by atoms with E-state index in [1.807, 2.05) is 24.0 Å². The lowest BCUT2D eigenvalue weighted by atomic mass is 10.1. The van der Waals surface area contributed by atoms with E-state index in [0.717, 1.165) is 29.2 Å². The van der Waals surface area contributed by atoms with Gasteiger partial charge in [-0.2, -0.15) is 10.2 Å². The molecule has 5 rings (SSSR count). The first-order valence-corrected chi connectivity index (χ1v) is 11.0. The highest BCUT2D eigenvalue weighted by Gasteiger charge is 2.17. The normalized spacial score (nSPS) is 12.3. The Balaban J connectivity index is 1.39. The summed E-state index contributed by atoms with van der Waals surface area (Å²) in [7, 11) is 1.97. The van der Waals surface area contributed by atoms with Crippen molar-refractivity contribution in [1.82, 2.24) is 24.9 Å². The zero-order chi connectivity index (χ0) is 22.1. The molecule has 5 aromatic rings. The van der Waals surface area contributed by atoms with E-state index in [4.69, 9.17) is 5.10 Å². The Kier molecular flexibility index (Phi) is 5.33. The highest BCUT2D eigenvalue weighted by Crippen LogP contribution is 2.27. The van der Waals surface area contributed by atoms with Crippen molar-refractivity contribution in [2.75, 3.05) is 0 Å². The van der Waals surface area contributed by atoms with Crippen molar-refractivity contribution in [3.05, 3.63) is 102 Å². The van der Waals surface area contributed by atoms with Crippen molar-refractivity contribution >= 4 is 10.8 Å². The minimum Gasteiger partial charge on any atom is -0.306 e. The Morgan fingerprint density at radius 3 is 2.53 bits per heavy atom. The Labute approximate surface area is 188 Å². The lowest BCUT2D eigenvalue weighted by molar-refractivity contribution is 0.572. The molecule has 0 saturated heterocycles. The topological polar surface area (TPSA) is 47.7 Å². The molecule has 0 fully saturated rings.